The first-order valence-electron chi connectivity index (χ1n) is 9.04. The molecule has 1 aromatic heterocycles. The molecule has 0 bridgehead atoms. The quantitative estimate of drug-likeness (QED) is 0.858. The van der Waals surface area contributed by atoms with E-state index in [0.29, 0.717) is 23.9 Å². The Labute approximate surface area is 136 Å². The van der Waals surface area contributed by atoms with Gasteiger partial charge in [0.2, 0.25) is 5.89 Å². The number of aromatic nitrogens is 2. The van der Waals surface area contributed by atoms with Crippen LogP contribution in [0.2, 0.25) is 0 Å². The van der Waals surface area contributed by atoms with E-state index in [1.807, 2.05) is 0 Å². The minimum absolute atomic E-state index is 0.431. The highest BCUT2D eigenvalue weighted by atomic mass is 16.5. The van der Waals surface area contributed by atoms with Crippen molar-refractivity contribution in [1.29, 1.82) is 0 Å². The normalized spacial score (nSPS) is 31.2. The number of rotatable bonds is 3. The molecular weight excluding hydrogens is 286 g/mol. The zero-order valence-corrected chi connectivity index (χ0v) is 13.4. The molecule has 3 atom stereocenters. The fourth-order valence-electron chi connectivity index (χ4n) is 4.67. The molecule has 2 aromatic rings. The fourth-order valence-corrected chi connectivity index (χ4v) is 4.67. The molecule has 4 nitrogen and oxygen atoms in total. The molecule has 2 saturated heterocycles. The Morgan fingerprint density at radius 1 is 1.04 bits per heavy atom. The third kappa shape index (κ3) is 2.23. The third-order valence-electron chi connectivity index (χ3n) is 6.11. The van der Waals surface area contributed by atoms with Crippen molar-refractivity contribution in [3.8, 4) is 0 Å². The molecule has 3 fully saturated rings. The second-order valence-corrected chi connectivity index (χ2v) is 7.33. The summed E-state index contributed by atoms with van der Waals surface area (Å²) in [6.45, 7) is 1.20. The lowest BCUT2D eigenvalue weighted by atomic mass is 9.85. The van der Waals surface area contributed by atoms with Gasteiger partial charge in [0.05, 0.1) is 0 Å². The maximum atomic E-state index is 5.59. The first-order valence-corrected chi connectivity index (χ1v) is 9.04. The highest BCUT2D eigenvalue weighted by Gasteiger charge is 2.46. The molecule has 0 amide bonds. The summed E-state index contributed by atoms with van der Waals surface area (Å²) in [5.41, 5.74) is 1.43. The summed E-state index contributed by atoms with van der Waals surface area (Å²) in [4.78, 5) is 7.48. The van der Waals surface area contributed by atoms with E-state index in [4.69, 9.17) is 9.51 Å². The molecule has 4 heteroatoms. The lowest BCUT2D eigenvalue weighted by Gasteiger charge is -2.24. The van der Waals surface area contributed by atoms with Crippen molar-refractivity contribution < 1.29 is 4.52 Å². The molecule has 0 unspecified atom stereocenters. The van der Waals surface area contributed by atoms with Crippen LogP contribution in [0.5, 0.6) is 0 Å². The Morgan fingerprint density at radius 3 is 2.70 bits per heavy atom. The summed E-state index contributed by atoms with van der Waals surface area (Å²) in [7, 11) is 0. The van der Waals surface area contributed by atoms with E-state index in [9.17, 15) is 0 Å². The maximum Gasteiger partial charge on any atom is 0.229 e. The molecule has 5 rings (SSSR count). The number of nitrogens with zero attached hydrogens (tertiary/aromatic N) is 3. The first-order chi connectivity index (χ1) is 11.4. The number of fused-ring (bicyclic) bond motifs is 1. The number of benzene rings is 1. The number of hydrogen-bond donors (Lipinski definition) is 0. The van der Waals surface area contributed by atoms with Crippen LogP contribution in [0.25, 0.3) is 0 Å². The van der Waals surface area contributed by atoms with E-state index in [0.717, 1.165) is 18.1 Å². The average molecular weight is 309 g/mol. The van der Waals surface area contributed by atoms with E-state index in [2.05, 4.69) is 40.4 Å². The van der Waals surface area contributed by atoms with Crippen molar-refractivity contribution in [1.82, 2.24) is 15.0 Å². The van der Waals surface area contributed by atoms with Crippen molar-refractivity contribution in [2.45, 2.75) is 62.4 Å². The second-order valence-electron chi connectivity index (χ2n) is 7.33. The monoisotopic (exact) mass is 309 g/mol. The summed E-state index contributed by atoms with van der Waals surface area (Å²) in [5, 5.41) is 4.38. The Morgan fingerprint density at radius 2 is 1.91 bits per heavy atom. The van der Waals surface area contributed by atoms with Gasteiger partial charge in [-0.1, -0.05) is 41.9 Å². The van der Waals surface area contributed by atoms with Crippen LogP contribution in [0.1, 0.15) is 73.7 Å². The predicted molar refractivity (Wildman–Crippen MR) is 87.2 cm³/mol. The van der Waals surface area contributed by atoms with Crippen LogP contribution in [0.3, 0.4) is 0 Å². The van der Waals surface area contributed by atoms with Crippen LogP contribution >= 0.6 is 0 Å². The Balaban J connectivity index is 1.43. The van der Waals surface area contributed by atoms with Gasteiger partial charge < -0.3 is 4.52 Å². The van der Waals surface area contributed by atoms with Crippen LogP contribution in [-0.2, 0) is 0 Å². The van der Waals surface area contributed by atoms with Crippen LogP contribution in [0, 0.1) is 0 Å². The molecule has 120 valence electrons. The minimum atomic E-state index is 0.431. The zero-order chi connectivity index (χ0) is 15.2. The minimum Gasteiger partial charge on any atom is -0.339 e. The van der Waals surface area contributed by atoms with Crippen LogP contribution in [0.15, 0.2) is 34.9 Å². The summed E-state index contributed by atoms with van der Waals surface area (Å²) in [6.07, 6.45) is 7.42. The molecule has 0 radical (unpaired) electrons. The summed E-state index contributed by atoms with van der Waals surface area (Å²) in [5.74, 6) is 2.81. The van der Waals surface area contributed by atoms with Gasteiger partial charge in [-0.25, -0.2) is 0 Å². The van der Waals surface area contributed by atoms with Gasteiger partial charge in [-0.15, -0.1) is 0 Å². The highest BCUT2D eigenvalue weighted by Crippen LogP contribution is 2.48. The molecule has 1 saturated carbocycles. The molecule has 2 aliphatic heterocycles. The predicted octanol–water partition coefficient (Wildman–Crippen LogP) is 4.03. The Bertz CT molecular complexity index is 679. The van der Waals surface area contributed by atoms with Crippen molar-refractivity contribution >= 4 is 0 Å². The Kier molecular flexibility index (Phi) is 3.25. The molecule has 1 aromatic carbocycles. The van der Waals surface area contributed by atoms with Gasteiger partial charge in [0.1, 0.15) is 0 Å². The van der Waals surface area contributed by atoms with Gasteiger partial charge in [0.15, 0.2) is 5.82 Å². The van der Waals surface area contributed by atoms with Gasteiger partial charge >= 0.3 is 0 Å². The van der Waals surface area contributed by atoms with Gasteiger partial charge in [-0.2, -0.15) is 4.98 Å². The lowest BCUT2D eigenvalue weighted by Crippen LogP contribution is -2.27. The third-order valence-corrected chi connectivity index (χ3v) is 6.11. The van der Waals surface area contributed by atoms with E-state index < -0.39 is 0 Å². The van der Waals surface area contributed by atoms with E-state index in [1.165, 1.54) is 44.2 Å². The molecule has 23 heavy (non-hydrogen) atoms. The highest BCUT2D eigenvalue weighted by molar-refractivity contribution is 5.24. The molecule has 0 N–H and O–H groups in total. The lowest BCUT2D eigenvalue weighted by molar-refractivity contribution is 0.243. The molecule has 3 heterocycles. The topological polar surface area (TPSA) is 42.2 Å². The van der Waals surface area contributed by atoms with E-state index >= 15 is 0 Å². The van der Waals surface area contributed by atoms with Gasteiger partial charge in [0.25, 0.3) is 0 Å². The van der Waals surface area contributed by atoms with Gasteiger partial charge in [0, 0.05) is 23.9 Å². The number of hydrogen-bond acceptors (Lipinski definition) is 4. The summed E-state index contributed by atoms with van der Waals surface area (Å²) >= 11 is 0. The van der Waals surface area contributed by atoms with Crippen molar-refractivity contribution in [2.75, 3.05) is 6.54 Å². The summed E-state index contributed by atoms with van der Waals surface area (Å²) < 4.78 is 5.59. The summed E-state index contributed by atoms with van der Waals surface area (Å²) in [6, 6.07) is 12.0. The van der Waals surface area contributed by atoms with Crippen molar-refractivity contribution in [3.05, 3.63) is 47.6 Å². The second kappa shape index (κ2) is 5.45. The smallest absolute Gasteiger partial charge is 0.229 e. The van der Waals surface area contributed by atoms with Gasteiger partial charge in [-0.05, 0) is 44.2 Å². The molecule has 1 aliphatic carbocycles. The zero-order valence-electron chi connectivity index (χ0n) is 13.4. The largest absolute Gasteiger partial charge is 0.339 e. The SMILES string of the molecule is c1ccc([C@@H]2C[C@H](c3noc(C4CCC4)n3)[C@H]3CCCN32)cc1. The fraction of sp³-hybridized carbons (Fsp3) is 0.579. The van der Waals surface area contributed by atoms with Crippen molar-refractivity contribution in [3.63, 3.8) is 0 Å². The molecule has 3 aliphatic rings. The molecular formula is C19H23N3O. The van der Waals surface area contributed by atoms with Crippen LogP contribution < -0.4 is 0 Å². The Hall–Kier alpha value is -1.68. The van der Waals surface area contributed by atoms with Crippen LogP contribution in [0.4, 0.5) is 0 Å². The van der Waals surface area contributed by atoms with Crippen LogP contribution in [-0.4, -0.2) is 27.6 Å². The van der Waals surface area contributed by atoms with E-state index in [-0.39, 0.29) is 0 Å². The van der Waals surface area contributed by atoms with E-state index in [1.54, 1.807) is 0 Å². The van der Waals surface area contributed by atoms with Gasteiger partial charge in [-0.3, -0.25) is 4.90 Å². The molecule has 0 spiro atoms. The van der Waals surface area contributed by atoms with Crippen molar-refractivity contribution in [2.24, 2.45) is 0 Å². The average Bonchev–Trinajstić information content (AvgIpc) is 3.22. The standard InChI is InChI=1S/C19H23N3O/c1-2-6-13(7-3-1)17-12-15(16-10-5-11-22(16)17)18-20-19(23-21-18)14-8-4-9-14/h1-3,6-7,14-17H,4-5,8-12H2/t15-,16+,17-/m0/s1. The first kappa shape index (κ1) is 13.7. The maximum absolute atomic E-state index is 5.59.